The van der Waals surface area contributed by atoms with Gasteiger partial charge in [-0.05, 0) is 42.5 Å². The Morgan fingerprint density at radius 3 is 2.50 bits per heavy atom. The quantitative estimate of drug-likeness (QED) is 0.699. The van der Waals surface area contributed by atoms with Gasteiger partial charge >= 0.3 is 0 Å². The van der Waals surface area contributed by atoms with Gasteiger partial charge in [-0.2, -0.15) is 0 Å². The van der Waals surface area contributed by atoms with E-state index in [0.717, 1.165) is 48.6 Å². The van der Waals surface area contributed by atoms with Gasteiger partial charge in [-0.3, -0.25) is 10.1 Å². The van der Waals surface area contributed by atoms with Crippen LogP contribution in [-0.4, -0.2) is 31.3 Å². The molecule has 0 N–H and O–H groups in total. The lowest BCUT2D eigenvalue weighted by atomic mass is 10.1. The van der Waals surface area contributed by atoms with E-state index < -0.39 is 0 Å². The maximum Gasteiger partial charge on any atom is 0.190 e. The van der Waals surface area contributed by atoms with Gasteiger partial charge in [0.2, 0.25) is 0 Å². The predicted molar refractivity (Wildman–Crippen MR) is 101 cm³/mol. The molecule has 1 saturated heterocycles. The highest BCUT2D eigenvalue weighted by Crippen LogP contribution is 2.32. The number of nitrogens with zero attached hydrogens (tertiary/aromatic N) is 2. The second-order valence-corrected chi connectivity index (χ2v) is 6.49. The van der Waals surface area contributed by atoms with Crippen molar-refractivity contribution in [2.75, 3.05) is 25.1 Å². The number of pyridine rings is 1. The number of aromatic nitrogens is 1. The standard InChI is InChI=1S/C21H21N2O3/c1-25-16-4-6-17(7-5-16)26-18-8-11-23(12-9-18)15-13-20-19(21(24)14-15)3-2-10-22-20/h2-7,10,13-14,18H,8-9,11-12H2,1H3. The summed E-state index contributed by atoms with van der Waals surface area (Å²) in [5, 5.41) is 13.0. The largest absolute Gasteiger partial charge is 0.497 e. The lowest BCUT2D eigenvalue weighted by molar-refractivity contribution is 0.171. The van der Waals surface area contributed by atoms with Crippen LogP contribution in [0.25, 0.3) is 10.9 Å². The first-order valence-electron chi connectivity index (χ1n) is 8.84. The Hall–Kier alpha value is -2.95. The van der Waals surface area contributed by atoms with Gasteiger partial charge in [-0.1, -0.05) is 0 Å². The molecule has 26 heavy (non-hydrogen) atoms. The Morgan fingerprint density at radius 2 is 1.77 bits per heavy atom. The number of hydrogen-bond acceptors (Lipinski definition) is 4. The van der Waals surface area contributed by atoms with Crippen LogP contribution in [0, 0.1) is 0 Å². The molecule has 0 bridgehead atoms. The number of piperidine rings is 1. The second kappa shape index (κ2) is 7.12. The van der Waals surface area contributed by atoms with Crippen molar-refractivity contribution in [3.63, 3.8) is 0 Å². The van der Waals surface area contributed by atoms with E-state index in [-0.39, 0.29) is 11.9 Å². The third-order valence-electron chi connectivity index (χ3n) is 4.84. The summed E-state index contributed by atoms with van der Waals surface area (Å²) in [6.45, 7) is 1.72. The van der Waals surface area contributed by atoms with Crippen molar-refractivity contribution in [3.05, 3.63) is 54.7 Å². The van der Waals surface area contributed by atoms with Crippen LogP contribution >= 0.6 is 0 Å². The van der Waals surface area contributed by atoms with Gasteiger partial charge in [0.15, 0.2) is 5.75 Å². The van der Waals surface area contributed by atoms with Crippen LogP contribution in [0.1, 0.15) is 12.8 Å². The Morgan fingerprint density at radius 1 is 1.04 bits per heavy atom. The first-order chi connectivity index (χ1) is 12.7. The Kier molecular flexibility index (Phi) is 4.52. The molecule has 1 aliphatic heterocycles. The van der Waals surface area contributed by atoms with E-state index in [1.54, 1.807) is 25.4 Å². The Labute approximate surface area is 152 Å². The number of rotatable bonds is 4. The molecule has 2 heterocycles. The van der Waals surface area contributed by atoms with E-state index in [4.69, 9.17) is 9.47 Å². The van der Waals surface area contributed by atoms with Crippen molar-refractivity contribution >= 4 is 16.6 Å². The van der Waals surface area contributed by atoms with Gasteiger partial charge in [0.25, 0.3) is 0 Å². The zero-order valence-electron chi connectivity index (χ0n) is 14.7. The number of methoxy groups -OCH3 is 1. The molecule has 4 rings (SSSR count). The SMILES string of the molecule is COc1ccc(OC2CCN(c3cc([O])c4cccnc4c3)CC2)cc1. The molecule has 0 aliphatic carbocycles. The highest BCUT2D eigenvalue weighted by molar-refractivity contribution is 5.88. The van der Waals surface area contributed by atoms with Crippen molar-refractivity contribution in [2.24, 2.45) is 0 Å². The van der Waals surface area contributed by atoms with E-state index >= 15 is 0 Å². The van der Waals surface area contributed by atoms with Crippen molar-refractivity contribution in [3.8, 4) is 17.2 Å². The van der Waals surface area contributed by atoms with Crippen molar-refractivity contribution in [1.29, 1.82) is 0 Å². The van der Waals surface area contributed by atoms with E-state index in [1.807, 2.05) is 36.4 Å². The van der Waals surface area contributed by atoms with E-state index in [0.29, 0.717) is 5.39 Å². The van der Waals surface area contributed by atoms with Gasteiger partial charge in [-0.15, -0.1) is 0 Å². The number of fused-ring (bicyclic) bond motifs is 1. The molecule has 1 fully saturated rings. The molecule has 1 radical (unpaired) electrons. The molecule has 5 nitrogen and oxygen atoms in total. The molecule has 5 heteroatoms. The van der Waals surface area contributed by atoms with Crippen LogP contribution in [0.3, 0.4) is 0 Å². The average Bonchev–Trinajstić information content (AvgIpc) is 2.69. The van der Waals surface area contributed by atoms with Crippen LogP contribution in [-0.2, 0) is 5.11 Å². The summed E-state index contributed by atoms with van der Waals surface area (Å²) < 4.78 is 11.2. The minimum atomic E-state index is 0.0298. The molecule has 0 amide bonds. The zero-order valence-corrected chi connectivity index (χ0v) is 14.7. The normalized spacial score (nSPS) is 15.2. The average molecular weight is 349 g/mol. The Bertz CT molecular complexity index is 887. The van der Waals surface area contributed by atoms with Crippen LogP contribution in [0.2, 0.25) is 0 Å². The minimum Gasteiger partial charge on any atom is -0.497 e. The van der Waals surface area contributed by atoms with Gasteiger partial charge in [0.05, 0.1) is 12.6 Å². The zero-order chi connectivity index (χ0) is 17.9. The molecule has 0 saturated carbocycles. The minimum absolute atomic E-state index is 0.0298. The summed E-state index contributed by atoms with van der Waals surface area (Å²) in [4.78, 5) is 6.56. The monoisotopic (exact) mass is 349 g/mol. The molecule has 133 valence electrons. The fraction of sp³-hybridized carbons (Fsp3) is 0.286. The molecule has 0 spiro atoms. The van der Waals surface area contributed by atoms with E-state index in [9.17, 15) is 5.11 Å². The molecule has 0 unspecified atom stereocenters. The van der Waals surface area contributed by atoms with E-state index in [2.05, 4.69) is 9.88 Å². The molecular weight excluding hydrogens is 328 g/mol. The highest BCUT2D eigenvalue weighted by Gasteiger charge is 2.22. The number of benzene rings is 2. The van der Waals surface area contributed by atoms with Crippen LogP contribution in [0.5, 0.6) is 17.2 Å². The summed E-state index contributed by atoms with van der Waals surface area (Å²) in [6.07, 6.45) is 3.74. The molecule has 1 aromatic heterocycles. The molecular formula is C21H21N2O3. The Balaban J connectivity index is 1.41. The fourth-order valence-corrected chi connectivity index (χ4v) is 3.40. The summed E-state index contributed by atoms with van der Waals surface area (Å²) in [7, 11) is 1.65. The fourth-order valence-electron chi connectivity index (χ4n) is 3.40. The molecule has 3 aromatic rings. The second-order valence-electron chi connectivity index (χ2n) is 6.49. The lowest BCUT2D eigenvalue weighted by Crippen LogP contribution is -2.38. The number of ether oxygens (including phenoxy) is 2. The maximum atomic E-state index is 12.3. The van der Waals surface area contributed by atoms with Gasteiger partial charge in [0.1, 0.15) is 17.6 Å². The van der Waals surface area contributed by atoms with Crippen molar-refractivity contribution in [1.82, 2.24) is 4.98 Å². The van der Waals surface area contributed by atoms with Crippen LogP contribution in [0.15, 0.2) is 54.7 Å². The summed E-state index contributed by atoms with van der Waals surface area (Å²) >= 11 is 0. The summed E-state index contributed by atoms with van der Waals surface area (Å²) in [5.74, 6) is 1.72. The van der Waals surface area contributed by atoms with E-state index in [1.165, 1.54) is 0 Å². The first kappa shape index (κ1) is 16.5. The van der Waals surface area contributed by atoms with Gasteiger partial charge in [-0.25, -0.2) is 0 Å². The van der Waals surface area contributed by atoms with Crippen molar-refractivity contribution < 1.29 is 14.6 Å². The summed E-state index contributed by atoms with van der Waals surface area (Å²) in [5.41, 5.74) is 1.70. The number of anilines is 1. The van der Waals surface area contributed by atoms with Crippen LogP contribution in [0.4, 0.5) is 5.69 Å². The van der Waals surface area contributed by atoms with Gasteiger partial charge < -0.3 is 14.4 Å². The molecule has 0 atom stereocenters. The van der Waals surface area contributed by atoms with Crippen molar-refractivity contribution in [2.45, 2.75) is 18.9 Å². The number of hydrogen-bond donors (Lipinski definition) is 0. The summed E-state index contributed by atoms with van der Waals surface area (Å²) in [6, 6.07) is 15.0. The van der Waals surface area contributed by atoms with Gasteiger partial charge in [0, 0.05) is 49.3 Å². The predicted octanol–water partition coefficient (Wildman–Crippen LogP) is 4.44. The van der Waals surface area contributed by atoms with Crippen LogP contribution < -0.4 is 14.4 Å². The smallest absolute Gasteiger partial charge is 0.190 e. The third-order valence-corrected chi connectivity index (χ3v) is 4.84. The first-order valence-corrected chi connectivity index (χ1v) is 8.84. The third kappa shape index (κ3) is 3.38. The molecule has 1 aliphatic rings. The highest BCUT2D eigenvalue weighted by atomic mass is 16.5. The topological polar surface area (TPSA) is 54.5 Å². The maximum absolute atomic E-state index is 12.3. The molecule has 2 aromatic carbocycles. The lowest BCUT2D eigenvalue weighted by Gasteiger charge is -2.33.